The lowest BCUT2D eigenvalue weighted by Crippen LogP contribution is -2.34. The molecule has 1 saturated heterocycles. The van der Waals surface area contributed by atoms with E-state index in [0.717, 1.165) is 55.2 Å². The maximum absolute atomic E-state index is 5.56. The van der Waals surface area contributed by atoms with Crippen LogP contribution in [0.4, 0.5) is 0 Å². The quantitative estimate of drug-likeness (QED) is 0.690. The van der Waals surface area contributed by atoms with Gasteiger partial charge in [-0.3, -0.25) is 19.9 Å². The van der Waals surface area contributed by atoms with Crippen LogP contribution in [0.1, 0.15) is 30.0 Å². The molecule has 2 aromatic heterocycles. The third-order valence-corrected chi connectivity index (χ3v) is 5.11. The van der Waals surface area contributed by atoms with Crippen molar-refractivity contribution in [2.45, 2.75) is 25.3 Å². The maximum Gasteiger partial charge on any atom is 0.128 e. The van der Waals surface area contributed by atoms with E-state index in [1.165, 1.54) is 5.56 Å². The molecule has 1 atom stereocenters. The highest BCUT2D eigenvalue weighted by Gasteiger charge is 2.26. The van der Waals surface area contributed by atoms with Gasteiger partial charge in [-0.15, -0.1) is 0 Å². The normalized spacial score (nSPS) is 17.6. The van der Waals surface area contributed by atoms with Crippen LogP contribution in [0.25, 0.3) is 11.3 Å². The first kappa shape index (κ1) is 17.6. The van der Waals surface area contributed by atoms with Crippen molar-refractivity contribution in [2.75, 3.05) is 20.2 Å². The highest BCUT2D eigenvalue weighted by Crippen LogP contribution is 2.35. The molecule has 0 radical (unpaired) electrons. The monoisotopic (exact) mass is 360 g/mol. The summed E-state index contributed by atoms with van der Waals surface area (Å²) >= 11 is 0. The molecule has 0 spiro atoms. The molecule has 0 bridgehead atoms. The summed E-state index contributed by atoms with van der Waals surface area (Å²) in [6.45, 7) is 3.01. The molecule has 4 rings (SSSR count). The van der Waals surface area contributed by atoms with Crippen LogP contribution in [0, 0.1) is 0 Å². The Kier molecular flexibility index (Phi) is 5.39. The van der Waals surface area contributed by atoms with Crippen LogP contribution in [0.15, 0.2) is 61.2 Å². The summed E-state index contributed by atoms with van der Waals surface area (Å²) in [5, 5.41) is 0. The van der Waals surface area contributed by atoms with E-state index < -0.39 is 0 Å². The SMILES string of the molecule is COc1ccccc1-c1nccnc1[C@H]1CCCN(Cc2cccnc2)C1. The zero-order valence-corrected chi connectivity index (χ0v) is 15.6. The minimum Gasteiger partial charge on any atom is -0.496 e. The minimum atomic E-state index is 0.365. The van der Waals surface area contributed by atoms with Crippen molar-refractivity contribution >= 4 is 0 Å². The smallest absolute Gasteiger partial charge is 0.128 e. The molecule has 27 heavy (non-hydrogen) atoms. The fraction of sp³-hybridized carbons (Fsp3) is 0.318. The summed E-state index contributed by atoms with van der Waals surface area (Å²) in [5.74, 6) is 1.20. The number of rotatable bonds is 5. The fourth-order valence-corrected chi connectivity index (χ4v) is 3.87. The third kappa shape index (κ3) is 3.98. The first-order chi connectivity index (χ1) is 13.3. The van der Waals surface area contributed by atoms with E-state index in [0.29, 0.717) is 5.92 Å². The fourth-order valence-electron chi connectivity index (χ4n) is 3.87. The maximum atomic E-state index is 5.56. The van der Waals surface area contributed by atoms with E-state index in [1.54, 1.807) is 19.5 Å². The summed E-state index contributed by atoms with van der Waals surface area (Å²) < 4.78 is 5.56. The molecule has 0 saturated carbocycles. The molecule has 0 N–H and O–H groups in total. The molecule has 0 unspecified atom stereocenters. The Balaban J connectivity index is 1.60. The highest BCUT2D eigenvalue weighted by molar-refractivity contribution is 5.69. The lowest BCUT2D eigenvalue weighted by atomic mass is 9.91. The topological polar surface area (TPSA) is 51.1 Å². The number of benzene rings is 1. The number of hydrogen-bond donors (Lipinski definition) is 0. The van der Waals surface area contributed by atoms with E-state index >= 15 is 0 Å². The first-order valence-electron chi connectivity index (χ1n) is 9.40. The van der Waals surface area contributed by atoms with Crippen molar-refractivity contribution in [3.63, 3.8) is 0 Å². The Labute approximate surface area is 160 Å². The number of aromatic nitrogens is 3. The van der Waals surface area contributed by atoms with Gasteiger partial charge in [0, 0.05) is 49.4 Å². The highest BCUT2D eigenvalue weighted by atomic mass is 16.5. The molecule has 5 nitrogen and oxygen atoms in total. The lowest BCUT2D eigenvalue weighted by Gasteiger charge is -2.33. The molecule has 3 heterocycles. The van der Waals surface area contributed by atoms with Gasteiger partial charge in [0.05, 0.1) is 18.5 Å². The number of pyridine rings is 1. The van der Waals surface area contributed by atoms with Crippen molar-refractivity contribution in [2.24, 2.45) is 0 Å². The average Bonchev–Trinajstić information content (AvgIpc) is 2.75. The molecule has 1 aliphatic rings. The van der Waals surface area contributed by atoms with E-state index in [-0.39, 0.29) is 0 Å². The number of nitrogens with zero attached hydrogens (tertiary/aromatic N) is 4. The first-order valence-corrected chi connectivity index (χ1v) is 9.40. The predicted octanol–water partition coefficient (Wildman–Crippen LogP) is 3.93. The van der Waals surface area contributed by atoms with Crippen LogP contribution in [-0.4, -0.2) is 40.1 Å². The van der Waals surface area contributed by atoms with Gasteiger partial charge >= 0.3 is 0 Å². The van der Waals surface area contributed by atoms with Gasteiger partial charge < -0.3 is 4.74 Å². The molecule has 0 amide bonds. The van der Waals surface area contributed by atoms with Crippen molar-refractivity contribution < 1.29 is 4.74 Å². The van der Waals surface area contributed by atoms with Gasteiger partial charge in [-0.2, -0.15) is 0 Å². The molecule has 5 heteroatoms. The van der Waals surface area contributed by atoms with Crippen molar-refractivity contribution in [3.8, 4) is 17.0 Å². The van der Waals surface area contributed by atoms with Gasteiger partial charge in [0.2, 0.25) is 0 Å². The molecular formula is C22H24N4O. The average molecular weight is 360 g/mol. The Hall–Kier alpha value is -2.79. The second-order valence-corrected chi connectivity index (χ2v) is 6.93. The Morgan fingerprint density at radius 1 is 1.07 bits per heavy atom. The number of hydrogen-bond acceptors (Lipinski definition) is 5. The summed E-state index contributed by atoms with van der Waals surface area (Å²) in [6.07, 6.45) is 9.63. The summed E-state index contributed by atoms with van der Waals surface area (Å²) in [7, 11) is 1.70. The van der Waals surface area contributed by atoms with Gasteiger partial charge in [0.25, 0.3) is 0 Å². The molecule has 0 aliphatic carbocycles. The largest absolute Gasteiger partial charge is 0.496 e. The van der Waals surface area contributed by atoms with E-state index in [9.17, 15) is 0 Å². The number of piperidine rings is 1. The van der Waals surface area contributed by atoms with E-state index in [2.05, 4.69) is 27.0 Å². The molecular weight excluding hydrogens is 336 g/mol. The lowest BCUT2D eigenvalue weighted by molar-refractivity contribution is 0.198. The number of likely N-dealkylation sites (tertiary alicyclic amines) is 1. The van der Waals surface area contributed by atoms with Crippen molar-refractivity contribution in [3.05, 3.63) is 72.4 Å². The van der Waals surface area contributed by atoms with Gasteiger partial charge in [-0.1, -0.05) is 18.2 Å². The minimum absolute atomic E-state index is 0.365. The second-order valence-electron chi connectivity index (χ2n) is 6.93. The number of methoxy groups -OCH3 is 1. The summed E-state index contributed by atoms with van der Waals surface area (Å²) in [5.41, 5.74) is 4.26. The zero-order chi connectivity index (χ0) is 18.5. The summed E-state index contributed by atoms with van der Waals surface area (Å²) in [6, 6.07) is 12.2. The van der Waals surface area contributed by atoms with Gasteiger partial charge in [0.15, 0.2) is 0 Å². The standard InChI is InChI=1S/C22H24N4O/c1-27-20-9-3-2-8-19(20)22-21(24-11-12-25-22)18-7-5-13-26(16-18)15-17-6-4-10-23-14-17/h2-4,6,8-12,14,18H,5,7,13,15-16H2,1H3/t18-/m0/s1. The van der Waals surface area contributed by atoms with Gasteiger partial charge in [0.1, 0.15) is 5.75 Å². The number of para-hydroxylation sites is 1. The van der Waals surface area contributed by atoms with Crippen molar-refractivity contribution in [1.82, 2.24) is 19.9 Å². The van der Waals surface area contributed by atoms with Crippen LogP contribution in [0.2, 0.25) is 0 Å². The molecule has 3 aromatic rings. The van der Waals surface area contributed by atoms with Crippen LogP contribution in [-0.2, 0) is 6.54 Å². The Morgan fingerprint density at radius 3 is 2.81 bits per heavy atom. The third-order valence-electron chi connectivity index (χ3n) is 5.11. The van der Waals surface area contributed by atoms with E-state index in [1.807, 2.05) is 36.7 Å². The second kappa shape index (κ2) is 8.27. The Morgan fingerprint density at radius 2 is 1.96 bits per heavy atom. The molecule has 1 aromatic carbocycles. The Bertz CT molecular complexity index is 884. The molecule has 1 aliphatic heterocycles. The predicted molar refractivity (Wildman–Crippen MR) is 106 cm³/mol. The molecule has 1 fully saturated rings. The summed E-state index contributed by atoms with van der Waals surface area (Å²) in [4.78, 5) is 16.1. The van der Waals surface area contributed by atoms with Crippen molar-refractivity contribution in [1.29, 1.82) is 0 Å². The molecule has 138 valence electrons. The van der Waals surface area contributed by atoms with Crippen LogP contribution in [0.5, 0.6) is 5.75 Å². The van der Waals surface area contributed by atoms with Gasteiger partial charge in [-0.05, 0) is 43.1 Å². The van der Waals surface area contributed by atoms with Crippen LogP contribution < -0.4 is 4.74 Å². The van der Waals surface area contributed by atoms with Crippen LogP contribution in [0.3, 0.4) is 0 Å². The van der Waals surface area contributed by atoms with Gasteiger partial charge in [-0.25, -0.2) is 0 Å². The van der Waals surface area contributed by atoms with Crippen LogP contribution >= 0.6 is 0 Å². The number of ether oxygens (including phenoxy) is 1. The zero-order valence-electron chi connectivity index (χ0n) is 15.6. The van der Waals surface area contributed by atoms with E-state index in [4.69, 9.17) is 9.72 Å².